The van der Waals surface area contributed by atoms with Crippen LogP contribution in [-0.2, 0) is 56.9 Å². The molecule has 5 aromatic carbocycles. The van der Waals surface area contributed by atoms with Crippen LogP contribution in [0.25, 0.3) is 0 Å². The van der Waals surface area contributed by atoms with E-state index in [9.17, 15) is 24.0 Å². The summed E-state index contributed by atoms with van der Waals surface area (Å²) >= 11 is 24.3. The van der Waals surface area contributed by atoms with E-state index < -0.39 is 120 Å². The third kappa shape index (κ3) is 12.9. The van der Waals surface area contributed by atoms with Gasteiger partial charge in [0.25, 0.3) is 3.79 Å². The Morgan fingerprint density at radius 3 is 1.47 bits per heavy atom. The van der Waals surface area contributed by atoms with Gasteiger partial charge in [-0.2, -0.15) is 0 Å². The zero-order valence-corrected chi connectivity index (χ0v) is 40.5. The van der Waals surface area contributed by atoms with Crippen molar-refractivity contribution in [3.05, 3.63) is 179 Å². The summed E-state index contributed by atoms with van der Waals surface area (Å²) in [6, 6.07) is 39.9. The number of alkyl halides is 4. The predicted octanol–water partition coefficient (Wildman–Crippen LogP) is 7.98. The fourth-order valence-corrected chi connectivity index (χ4v) is 8.06. The molecule has 0 bridgehead atoms. The van der Waals surface area contributed by atoms with E-state index in [4.69, 9.17) is 104 Å². The van der Waals surface area contributed by atoms with E-state index >= 15 is 0 Å². The molecule has 0 aliphatic carbocycles. The predicted molar refractivity (Wildman–Crippen MR) is 256 cm³/mol. The summed E-state index contributed by atoms with van der Waals surface area (Å²) in [6.45, 7) is -0.947. The van der Waals surface area contributed by atoms with Gasteiger partial charge in [-0.1, -0.05) is 138 Å². The average Bonchev–Trinajstić information content (AvgIpc) is 3.40. The molecule has 3 saturated heterocycles. The normalized spacial score (nSPS) is 25.9. The van der Waals surface area contributed by atoms with Crippen molar-refractivity contribution in [1.82, 2.24) is 0 Å². The Bertz CT molecular complexity index is 2650. The van der Waals surface area contributed by atoms with Crippen molar-refractivity contribution in [1.29, 1.82) is 5.41 Å². The maximum absolute atomic E-state index is 14.3. The highest BCUT2D eigenvalue weighted by molar-refractivity contribution is 6.76. The molecule has 11 atom stereocenters. The van der Waals surface area contributed by atoms with Crippen molar-refractivity contribution < 1.29 is 76.1 Å². The van der Waals surface area contributed by atoms with Gasteiger partial charge in [0.05, 0.1) is 28.9 Å². The zero-order chi connectivity index (χ0) is 50.8. The van der Waals surface area contributed by atoms with E-state index in [1.165, 1.54) is 48.5 Å². The largest absolute Gasteiger partial charge is 0.459 e. The van der Waals surface area contributed by atoms with Crippen molar-refractivity contribution in [2.45, 2.75) is 71.5 Å². The van der Waals surface area contributed by atoms with Crippen LogP contribution in [0.5, 0.6) is 0 Å². The summed E-state index contributed by atoms with van der Waals surface area (Å²) in [7, 11) is 0. The van der Waals surface area contributed by atoms with Gasteiger partial charge in [0.15, 0.2) is 30.9 Å². The minimum Gasteiger partial charge on any atom is -0.459 e. The molecule has 3 aliphatic rings. The lowest BCUT2D eigenvalue weighted by molar-refractivity contribution is -0.382. The van der Waals surface area contributed by atoms with Crippen molar-refractivity contribution >= 4 is 82.1 Å². The number of hydrogen-bond donors (Lipinski definition) is 1. The SMILES string of the molecule is N=C(O[C@H]1O[C@H](COC(=O)c2ccccc2)[C@@H](O[C@@H]2O[C@@H]3COC(c4ccccc4)O[C@H]3[C@H](OC(=O)CCl)[C@H]2OC(=O)c2ccccc2)[C@H](OC(=O)c2ccccc2)[C@H]1OC(=O)c1ccccc1)C(Cl)(Cl)Cl. The van der Waals surface area contributed by atoms with E-state index in [-0.39, 0.29) is 28.9 Å². The molecule has 0 saturated carbocycles. The Kier molecular flexibility index (Phi) is 17.5. The molecule has 1 unspecified atom stereocenters. The lowest BCUT2D eigenvalue weighted by Crippen LogP contribution is -2.68. The molecule has 72 heavy (non-hydrogen) atoms. The van der Waals surface area contributed by atoms with Crippen LogP contribution in [0.15, 0.2) is 152 Å². The Morgan fingerprint density at radius 2 is 0.986 bits per heavy atom. The van der Waals surface area contributed by atoms with Crippen LogP contribution in [-0.4, -0.2) is 120 Å². The third-order valence-corrected chi connectivity index (χ3v) is 12.0. The summed E-state index contributed by atoms with van der Waals surface area (Å²) < 4.78 is 65.8. The number of hydrogen-bond acceptors (Lipinski definition) is 17. The van der Waals surface area contributed by atoms with Crippen molar-refractivity contribution in [2.75, 3.05) is 19.1 Å². The average molecular weight is 1070 g/mol. The minimum atomic E-state index is -2.52. The van der Waals surface area contributed by atoms with Crippen molar-refractivity contribution in [3.8, 4) is 0 Å². The molecular weight excluding hydrogens is 1020 g/mol. The number of ether oxygens (including phenoxy) is 11. The van der Waals surface area contributed by atoms with Gasteiger partial charge in [-0.05, 0) is 48.5 Å². The van der Waals surface area contributed by atoms with Crippen molar-refractivity contribution in [2.24, 2.45) is 0 Å². The highest BCUT2D eigenvalue weighted by Gasteiger charge is 2.59. The van der Waals surface area contributed by atoms with E-state index in [2.05, 4.69) is 0 Å². The summed E-state index contributed by atoms with van der Waals surface area (Å²) in [6.07, 6.45) is -17.8. The highest BCUT2D eigenvalue weighted by Crippen LogP contribution is 2.40. The second-order valence-electron chi connectivity index (χ2n) is 16.1. The summed E-state index contributed by atoms with van der Waals surface area (Å²) in [5, 5.41) is 8.56. The Balaban J connectivity index is 1.25. The molecule has 21 heteroatoms. The number of benzene rings is 5. The van der Waals surface area contributed by atoms with Gasteiger partial charge < -0.3 is 52.1 Å². The molecule has 0 aromatic heterocycles. The highest BCUT2D eigenvalue weighted by atomic mass is 35.6. The summed E-state index contributed by atoms with van der Waals surface area (Å²) in [5.41, 5.74) is 0.824. The number of rotatable bonds is 15. The van der Waals surface area contributed by atoms with Crippen LogP contribution in [0.3, 0.4) is 0 Å². The lowest BCUT2D eigenvalue weighted by Gasteiger charge is -2.50. The first-order chi connectivity index (χ1) is 34.8. The minimum absolute atomic E-state index is 0.0124. The van der Waals surface area contributed by atoms with Gasteiger partial charge in [-0.25, -0.2) is 19.2 Å². The first-order valence-corrected chi connectivity index (χ1v) is 23.8. The molecule has 0 spiro atoms. The number of esters is 5. The smallest absolute Gasteiger partial charge is 0.338 e. The molecule has 3 aliphatic heterocycles. The summed E-state index contributed by atoms with van der Waals surface area (Å²) in [5.74, 6) is -6.38. The van der Waals surface area contributed by atoms with Crippen LogP contribution in [0.1, 0.15) is 53.3 Å². The molecule has 5 aromatic rings. The second-order valence-corrected chi connectivity index (χ2v) is 18.6. The Hall–Kier alpha value is -6.12. The van der Waals surface area contributed by atoms with Crippen molar-refractivity contribution in [3.63, 3.8) is 0 Å². The monoisotopic (exact) mass is 1070 g/mol. The van der Waals surface area contributed by atoms with Gasteiger partial charge in [0, 0.05) is 5.56 Å². The van der Waals surface area contributed by atoms with Crippen LogP contribution in [0.2, 0.25) is 0 Å². The lowest BCUT2D eigenvalue weighted by atomic mass is 9.95. The maximum atomic E-state index is 14.3. The topological polar surface area (TPSA) is 211 Å². The molecule has 3 heterocycles. The molecule has 1 N–H and O–H groups in total. The first kappa shape index (κ1) is 52.2. The summed E-state index contributed by atoms with van der Waals surface area (Å²) in [4.78, 5) is 69.4. The number of nitrogens with one attached hydrogen (secondary N) is 1. The molecular formula is C51H43Cl4NO16. The Labute approximate surface area is 431 Å². The molecule has 0 amide bonds. The van der Waals surface area contributed by atoms with Gasteiger partial charge in [-0.15, -0.1) is 11.6 Å². The van der Waals surface area contributed by atoms with Crippen LogP contribution in [0.4, 0.5) is 0 Å². The fraction of sp³-hybridized carbons (Fsp3) is 0.294. The van der Waals surface area contributed by atoms with Crippen LogP contribution >= 0.6 is 46.4 Å². The quantitative estimate of drug-likeness (QED) is 0.0346. The number of carbonyl (C=O) groups is 5. The van der Waals surface area contributed by atoms with E-state index in [1.54, 1.807) is 103 Å². The number of halogens is 4. The molecule has 8 rings (SSSR count). The molecule has 0 radical (unpaired) electrons. The van der Waals surface area contributed by atoms with E-state index in [1.807, 2.05) is 0 Å². The fourth-order valence-electron chi connectivity index (χ4n) is 7.86. The maximum Gasteiger partial charge on any atom is 0.338 e. The Morgan fingerprint density at radius 1 is 0.528 bits per heavy atom. The van der Waals surface area contributed by atoms with Crippen LogP contribution < -0.4 is 0 Å². The molecule has 17 nitrogen and oxygen atoms in total. The third-order valence-electron chi connectivity index (χ3n) is 11.3. The number of fused-ring (bicyclic) bond motifs is 1. The number of carbonyl (C=O) groups excluding carboxylic acids is 5. The van der Waals surface area contributed by atoms with Gasteiger partial charge in [0.1, 0.15) is 36.9 Å². The zero-order valence-electron chi connectivity index (χ0n) is 37.4. The first-order valence-electron chi connectivity index (χ1n) is 22.1. The molecule has 3 fully saturated rings. The van der Waals surface area contributed by atoms with Gasteiger partial charge in [0.2, 0.25) is 18.3 Å². The van der Waals surface area contributed by atoms with E-state index in [0.29, 0.717) is 5.56 Å². The standard InChI is InChI=1S/C51H43Cl4NO16/c52-26-36(57)66-39-37-35(28-63-47(70-37)33-24-14-5-15-25-33)64-48(41(39)68-45(60)31-20-10-3-11-21-31)71-38-34(27-62-43(58)29-16-6-1-7-17-29)65-49(72-50(56)51(53,54)55)42(69-46(61)32-22-12-4-13-23-32)40(38)67-44(59)30-18-8-2-9-19-30/h1-25,34-35,37-42,47-49,56H,26-28H2/t34-,35-,37-,38-,39+,40+,41-,42-,47?,48+,49-/m1/s1. The molecule has 376 valence electrons. The second kappa shape index (κ2) is 24.1. The van der Waals surface area contributed by atoms with Crippen LogP contribution in [0, 0.1) is 5.41 Å². The van der Waals surface area contributed by atoms with Gasteiger partial charge >= 0.3 is 29.8 Å². The van der Waals surface area contributed by atoms with Gasteiger partial charge in [-0.3, -0.25) is 10.2 Å². The van der Waals surface area contributed by atoms with E-state index in [0.717, 1.165) is 0 Å².